The molecule has 2 aromatic heterocycles. The van der Waals surface area contributed by atoms with Crippen LogP contribution < -0.4 is 0 Å². The monoisotopic (exact) mass is 265 g/mol. The molecule has 1 atom stereocenters. The van der Waals surface area contributed by atoms with Gasteiger partial charge in [-0.05, 0) is 26.0 Å². The van der Waals surface area contributed by atoms with E-state index in [1.807, 2.05) is 24.6 Å². The maximum absolute atomic E-state index is 10.2. The first kappa shape index (κ1) is 13.1. The van der Waals surface area contributed by atoms with E-state index in [0.717, 1.165) is 17.9 Å². The van der Waals surface area contributed by atoms with Gasteiger partial charge in [-0.1, -0.05) is 11.6 Å². The number of aryl methyl sites for hydroxylation is 2. The van der Waals surface area contributed by atoms with Gasteiger partial charge >= 0.3 is 0 Å². The summed E-state index contributed by atoms with van der Waals surface area (Å²) in [6.45, 7) is 4.77. The van der Waals surface area contributed by atoms with Gasteiger partial charge in [0.05, 0.1) is 16.8 Å². The van der Waals surface area contributed by atoms with Gasteiger partial charge in [0.1, 0.15) is 0 Å². The molecule has 0 fully saturated rings. The van der Waals surface area contributed by atoms with Crippen LogP contribution in [0.15, 0.2) is 24.5 Å². The highest BCUT2D eigenvalue weighted by atomic mass is 35.5. The average Bonchev–Trinajstić information content (AvgIpc) is 2.70. The number of hydrogen-bond donors (Lipinski definition) is 1. The van der Waals surface area contributed by atoms with Crippen molar-refractivity contribution in [3.05, 3.63) is 46.5 Å². The normalized spacial score (nSPS) is 12.7. The summed E-state index contributed by atoms with van der Waals surface area (Å²) >= 11 is 6.02. The number of hydrogen-bond acceptors (Lipinski definition) is 3. The molecule has 0 spiro atoms. The molecular formula is C13H16ClN3O. The lowest BCUT2D eigenvalue weighted by Crippen LogP contribution is -2.09. The number of pyridine rings is 1. The van der Waals surface area contributed by atoms with E-state index in [0.29, 0.717) is 17.0 Å². The molecule has 0 saturated carbocycles. The summed E-state index contributed by atoms with van der Waals surface area (Å²) in [6.07, 6.45) is 3.04. The fourth-order valence-corrected chi connectivity index (χ4v) is 2.25. The third kappa shape index (κ3) is 2.71. The van der Waals surface area contributed by atoms with Gasteiger partial charge < -0.3 is 5.11 Å². The van der Waals surface area contributed by atoms with Crippen LogP contribution in [-0.4, -0.2) is 19.9 Å². The van der Waals surface area contributed by atoms with Gasteiger partial charge in [0.2, 0.25) is 0 Å². The van der Waals surface area contributed by atoms with Gasteiger partial charge in [0.15, 0.2) is 0 Å². The second kappa shape index (κ2) is 5.50. The maximum Gasteiger partial charge on any atom is 0.0860 e. The largest absolute Gasteiger partial charge is 0.388 e. The van der Waals surface area contributed by atoms with Gasteiger partial charge in [-0.3, -0.25) is 9.67 Å². The van der Waals surface area contributed by atoms with E-state index in [9.17, 15) is 5.11 Å². The van der Waals surface area contributed by atoms with E-state index in [1.54, 1.807) is 18.5 Å². The summed E-state index contributed by atoms with van der Waals surface area (Å²) in [5.41, 5.74) is 2.67. The van der Waals surface area contributed by atoms with Crippen molar-refractivity contribution in [1.29, 1.82) is 0 Å². The number of aromatic nitrogens is 3. The lowest BCUT2D eigenvalue weighted by molar-refractivity contribution is 0.175. The Morgan fingerprint density at radius 3 is 2.94 bits per heavy atom. The molecular weight excluding hydrogens is 250 g/mol. The van der Waals surface area contributed by atoms with E-state index in [4.69, 9.17) is 11.6 Å². The van der Waals surface area contributed by atoms with Crippen LogP contribution in [-0.2, 0) is 13.0 Å². The molecule has 0 radical (unpaired) electrons. The molecule has 2 aromatic rings. The fraction of sp³-hybridized carbons (Fsp3) is 0.385. The fourth-order valence-electron chi connectivity index (χ4n) is 2.00. The Labute approximate surface area is 111 Å². The molecule has 4 nitrogen and oxygen atoms in total. The first-order valence-electron chi connectivity index (χ1n) is 5.92. The zero-order valence-electron chi connectivity index (χ0n) is 10.5. The Hall–Kier alpha value is -1.39. The first-order valence-corrected chi connectivity index (χ1v) is 6.30. The summed E-state index contributed by atoms with van der Waals surface area (Å²) < 4.78 is 1.90. The minimum atomic E-state index is -0.637. The van der Waals surface area contributed by atoms with Crippen LogP contribution in [0.5, 0.6) is 0 Å². The van der Waals surface area contributed by atoms with Crippen LogP contribution >= 0.6 is 11.6 Å². The molecule has 1 unspecified atom stereocenters. The average molecular weight is 266 g/mol. The number of aliphatic hydroxyl groups excluding tert-OH is 1. The summed E-state index contributed by atoms with van der Waals surface area (Å²) in [6, 6.07) is 3.73. The Morgan fingerprint density at radius 2 is 2.28 bits per heavy atom. The molecule has 5 heteroatoms. The summed E-state index contributed by atoms with van der Waals surface area (Å²) in [5, 5.41) is 15.1. The van der Waals surface area contributed by atoms with Crippen molar-refractivity contribution in [2.75, 3.05) is 0 Å². The van der Waals surface area contributed by atoms with Crippen molar-refractivity contribution in [3.8, 4) is 0 Å². The highest BCUT2D eigenvalue weighted by Crippen LogP contribution is 2.24. The minimum absolute atomic E-state index is 0.490. The van der Waals surface area contributed by atoms with E-state index >= 15 is 0 Å². The molecule has 0 aromatic carbocycles. The highest BCUT2D eigenvalue weighted by molar-refractivity contribution is 6.31. The molecule has 1 N–H and O–H groups in total. The zero-order chi connectivity index (χ0) is 13.1. The van der Waals surface area contributed by atoms with E-state index in [1.165, 1.54) is 0 Å². The molecule has 96 valence electrons. The highest BCUT2D eigenvalue weighted by Gasteiger charge is 2.15. The standard InChI is InChI=1S/C13H16ClN3O/c1-3-17-10(6-9(2)16-17)7-13(18)11-4-5-15-8-12(11)14/h4-6,8,13,18H,3,7H2,1-2H3. The van der Waals surface area contributed by atoms with Gasteiger partial charge in [0, 0.05) is 36.6 Å². The smallest absolute Gasteiger partial charge is 0.0860 e. The van der Waals surface area contributed by atoms with Gasteiger partial charge in [0.25, 0.3) is 0 Å². The predicted molar refractivity (Wildman–Crippen MR) is 70.5 cm³/mol. The van der Waals surface area contributed by atoms with Crippen LogP contribution in [0.3, 0.4) is 0 Å². The van der Waals surface area contributed by atoms with Crippen molar-refractivity contribution >= 4 is 11.6 Å². The van der Waals surface area contributed by atoms with Crippen molar-refractivity contribution in [2.24, 2.45) is 0 Å². The summed E-state index contributed by atoms with van der Waals surface area (Å²) in [4.78, 5) is 3.91. The van der Waals surface area contributed by atoms with Crippen LogP contribution in [0.4, 0.5) is 0 Å². The number of nitrogens with zero attached hydrogens (tertiary/aromatic N) is 3. The van der Waals surface area contributed by atoms with Gasteiger partial charge in [-0.15, -0.1) is 0 Å². The SMILES string of the molecule is CCn1nc(C)cc1CC(O)c1ccncc1Cl. The van der Waals surface area contributed by atoms with Crippen molar-refractivity contribution in [3.63, 3.8) is 0 Å². The number of halogens is 1. The Kier molecular flexibility index (Phi) is 3.99. The third-order valence-corrected chi connectivity index (χ3v) is 3.17. The molecule has 0 bridgehead atoms. The minimum Gasteiger partial charge on any atom is -0.388 e. The van der Waals surface area contributed by atoms with Crippen LogP contribution in [0.25, 0.3) is 0 Å². The van der Waals surface area contributed by atoms with Crippen molar-refractivity contribution in [2.45, 2.75) is 32.9 Å². The van der Waals surface area contributed by atoms with Crippen molar-refractivity contribution in [1.82, 2.24) is 14.8 Å². The van der Waals surface area contributed by atoms with Crippen molar-refractivity contribution < 1.29 is 5.11 Å². The lowest BCUT2D eigenvalue weighted by atomic mass is 10.1. The van der Waals surface area contributed by atoms with Gasteiger partial charge in [-0.2, -0.15) is 5.10 Å². The van der Waals surface area contributed by atoms with Crippen LogP contribution in [0.2, 0.25) is 5.02 Å². The third-order valence-electron chi connectivity index (χ3n) is 2.85. The molecule has 0 saturated heterocycles. The Morgan fingerprint density at radius 1 is 1.50 bits per heavy atom. The lowest BCUT2D eigenvalue weighted by Gasteiger charge is -2.13. The van der Waals surface area contributed by atoms with E-state index < -0.39 is 6.10 Å². The molecule has 0 aliphatic carbocycles. The topological polar surface area (TPSA) is 50.9 Å². The number of rotatable bonds is 4. The van der Waals surface area contributed by atoms with Gasteiger partial charge in [-0.25, -0.2) is 0 Å². The zero-order valence-corrected chi connectivity index (χ0v) is 11.2. The summed E-state index contributed by atoms with van der Waals surface area (Å²) in [5.74, 6) is 0. The molecule has 2 rings (SSSR count). The van der Waals surface area contributed by atoms with E-state index in [2.05, 4.69) is 10.1 Å². The second-order valence-corrected chi connectivity index (χ2v) is 4.62. The number of aliphatic hydroxyl groups is 1. The maximum atomic E-state index is 10.2. The summed E-state index contributed by atoms with van der Waals surface area (Å²) in [7, 11) is 0. The molecule has 2 heterocycles. The second-order valence-electron chi connectivity index (χ2n) is 4.21. The van der Waals surface area contributed by atoms with Crippen LogP contribution in [0.1, 0.15) is 30.0 Å². The van der Waals surface area contributed by atoms with Crippen LogP contribution in [0, 0.1) is 6.92 Å². The first-order chi connectivity index (χ1) is 8.61. The Bertz CT molecular complexity index is 539. The Balaban J connectivity index is 2.21. The molecule has 0 aliphatic rings. The predicted octanol–water partition coefficient (Wildman–Crippen LogP) is 2.54. The molecule has 18 heavy (non-hydrogen) atoms. The molecule has 0 amide bonds. The van der Waals surface area contributed by atoms with E-state index in [-0.39, 0.29) is 0 Å². The molecule has 0 aliphatic heterocycles. The quantitative estimate of drug-likeness (QED) is 0.924.